The zero-order chi connectivity index (χ0) is 25.8. The van der Waals surface area contributed by atoms with E-state index in [0.29, 0.717) is 27.6 Å². The lowest BCUT2D eigenvalue weighted by atomic mass is 10.1. The van der Waals surface area contributed by atoms with E-state index in [1.54, 1.807) is 12.1 Å². The molecule has 7 heteroatoms. The third-order valence-corrected chi connectivity index (χ3v) is 6.80. The summed E-state index contributed by atoms with van der Waals surface area (Å²) in [7, 11) is 0. The van der Waals surface area contributed by atoms with Gasteiger partial charge in [0, 0.05) is 11.1 Å². The summed E-state index contributed by atoms with van der Waals surface area (Å²) in [6.45, 7) is 2.52. The lowest BCUT2D eigenvalue weighted by Crippen LogP contribution is -2.17. The fourth-order valence-electron chi connectivity index (χ4n) is 3.89. The molecule has 37 heavy (non-hydrogen) atoms. The summed E-state index contributed by atoms with van der Waals surface area (Å²) >= 11 is 1.33. The number of nitrogens with zero attached hydrogens (tertiary/aromatic N) is 2. The Labute approximate surface area is 217 Å². The van der Waals surface area contributed by atoms with Crippen LogP contribution in [0.1, 0.15) is 21.5 Å². The number of rotatable bonds is 6. The predicted octanol–water partition coefficient (Wildman–Crippen LogP) is 7.34. The van der Waals surface area contributed by atoms with Crippen molar-refractivity contribution in [1.29, 1.82) is 0 Å². The smallest absolute Gasteiger partial charge is 0.256 e. The molecular weight excluding hydrogens is 488 g/mol. The number of hydrogen-bond acceptors (Lipinski definition) is 3. The molecule has 1 heterocycles. The van der Waals surface area contributed by atoms with Gasteiger partial charge in [-0.2, -0.15) is 0 Å². The maximum Gasteiger partial charge on any atom is 0.256 e. The van der Waals surface area contributed by atoms with E-state index in [-0.39, 0.29) is 11.7 Å². The first kappa shape index (κ1) is 24.3. The minimum atomic E-state index is -0.417. The molecule has 0 aliphatic rings. The summed E-state index contributed by atoms with van der Waals surface area (Å²) in [5, 5.41) is 3.54. The van der Waals surface area contributed by atoms with Crippen molar-refractivity contribution >= 4 is 27.9 Å². The number of benzene rings is 4. The number of amides is 1. The van der Waals surface area contributed by atoms with E-state index < -0.39 is 5.82 Å². The van der Waals surface area contributed by atoms with Gasteiger partial charge in [-0.15, -0.1) is 0 Å². The van der Waals surface area contributed by atoms with Crippen LogP contribution in [0.25, 0.3) is 11.3 Å². The van der Waals surface area contributed by atoms with E-state index in [1.165, 1.54) is 47.7 Å². The number of nitrogens with one attached hydrogen (secondary N) is 1. The van der Waals surface area contributed by atoms with Crippen molar-refractivity contribution in [3.8, 4) is 11.3 Å². The predicted molar refractivity (Wildman–Crippen MR) is 144 cm³/mol. The van der Waals surface area contributed by atoms with Gasteiger partial charge in [0.25, 0.3) is 5.91 Å². The van der Waals surface area contributed by atoms with Crippen LogP contribution < -0.4 is 10.1 Å². The molecule has 0 aliphatic heterocycles. The number of aryl methyl sites for hydroxylation is 1. The Morgan fingerprint density at radius 2 is 1.46 bits per heavy atom. The molecule has 0 unspecified atom stereocenters. The Bertz CT molecular complexity index is 1590. The number of thiazole rings is 1. The van der Waals surface area contributed by atoms with Crippen LogP contribution in [0.15, 0.2) is 108 Å². The van der Waals surface area contributed by atoms with Gasteiger partial charge in [-0.3, -0.25) is 4.79 Å². The molecule has 184 valence electrons. The first-order valence-electron chi connectivity index (χ1n) is 11.7. The number of halogens is 2. The van der Waals surface area contributed by atoms with Crippen molar-refractivity contribution in [2.24, 2.45) is 4.99 Å². The number of hydrogen-bond donors (Lipinski definition) is 1. The highest BCUT2D eigenvalue weighted by Crippen LogP contribution is 2.32. The van der Waals surface area contributed by atoms with Gasteiger partial charge < -0.3 is 9.88 Å². The van der Waals surface area contributed by atoms with E-state index in [4.69, 9.17) is 4.99 Å². The van der Waals surface area contributed by atoms with Crippen LogP contribution in [0.2, 0.25) is 0 Å². The summed E-state index contributed by atoms with van der Waals surface area (Å²) < 4.78 is 29.3. The van der Waals surface area contributed by atoms with Gasteiger partial charge in [0.05, 0.1) is 17.9 Å². The second-order valence-corrected chi connectivity index (χ2v) is 9.53. The van der Waals surface area contributed by atoms with Crippen molar-refractivity contribution in [3.63, 3.8) is 0 Å². The Balaban J connectivity index is 1.69. The molecule has 0 aliphatic carbocycles. The average Bonchev–Trinajstić information content (AvgIpc) is 3.22. The third kappa shape index (κ3) is 5.73. The fourth-order valence-corrected chi connectivity index (χ4v) is 4.96. The molecule has 0 saturated carbocycles. The molecular formula is C30H23F2N3OS. The summed E-state index contributed by atoms with van der Waals surface area (Å²) in [4.78, 5) is 18.7. The first-order valence-corrected chi connectivity index (χ1v) is 12.5. The largest absolute Gasteiger partial charge is 0.312 e. The maximum atomic E-state index is 13.8. The van der Waals surface area contributed by atoms with Gasteiger partial charge in [-0.1, -0.05) is 59.4 Å². The fraction of sp³-hybridized carbons (Fsp3) is 0.0667. The highest BCUT2D eigenvalue weighted by atomic mass is 32.1. The van der Waals surface area contributed by atoms with Gasteiger partial charge in [-0.05, 0) is 73.2 Å². The zero-order valence-electron chi connectivity index (χ0n) is 20.0. The van der Waals surface area contributed by atoms with E-state index in [2.05, 4.69) is 17.4 Å². The minimum absolute atomic E-state index is 0.325. The van der Waals surface area contributed by atoms with E-state index in [1.807, 2.05) is 54.0 Å². The van der Waals surface area contributed by atoms with Crippen molar-refractivity contribution in [3.05, 3.63) is 136 Å². The Kier molecular flexibility index (Phi) is 7.05. The first-order chi connectivity index (χ1) is 18.0. The minimum Gasteiger partial charge on any atom is -0.312 e. The van der Waals surface area contributed by atoms with Crippen molar-refractivity contribution in [2.75, 3.05) is 5.32 Å². The Morgan fingerprint density at radius 3 is 2.11 bits per heavy atom. The van der Waals surface area contributed by atoms with E-state index >= 15 is 0 Å². The monoisotopic (exact) mass is 511 g/mol. The second kappa shape index (κ2) is 10.7. The summed E-state index contributed by atoms with van der Waals surface area (Å²) in [6.07, 6.45) is 0. The highest BCUT2D eigenvalue weighted by Gasteiger charge is 2.19. The molecule has 0 saturated heterocycles. The van der Waals surface area contributed by atoms with Crippen LogP contribution in [0.5, 0.6) is 0 Å². The summed E-state index contributed by atoms with van der Waals surface area (Å²) in [5.41, 5.74) is 4.73. The quantitative estimate of drug-likeness (QED) is 0.255. The molecule has 0 atom stereocenters. The molecule has 5 aromatic rings. The molecule has 4 nitrogen and oxygen atoms in total. The van der Waals surface area contributed by atoms with Crippen LogP contribution >= 0.6 is 11.3 Å². The van der Waals surface area contributed by atoms with Gasteiger partial charge >= 0.3 is 0 Å². The zero-order valence-corrected chi connectivity index (χ0v) is 20.8. The molecule has 0 bridgehead atoms. The molecule has 4 aromatic carbocycles. The Hall–Kier alpha value is -4.36. The molecule has 1 amide bonds. The number of anilines is 1. The van der Waals surface area contributed by atoms with Crippen molar-refractivity contribution in [2.45, 2.75) is 13.5 Å². The standard InChI is InChI=1S/C30H23F2N3OS/c1-20-7-9-21(10-8-20)19-35-27(22-11-15-24(31)16-12-22)29(34-28(36)23-13-17-25(32)18-14-23)37-30(35)33-26-5-3-2-4-6-26/h2-18H,19H2,1H3,(H,34,36). The van der Waals surface area contributed by atoms with Crippen LogP contribution in [-0.2, 0) is 6.54 Å². The molecule has 5 rings (SSSR count). The van der Waals surface area contributed by atoms with Gasteiger partial charge in [0.15, 0.2) is 4.80 Å². The molecule has 1 aromatic heterocycles. The van der Waals surface area contributed by atoms with Crippen molar-refractivity contribution < 1.29 is 13.6 Å². The lowest BCUT2D eigenvalue weighted by molar-refractivity contribution is 0.102. The van der Waals surface area contributed by atoms with E-state index in [0.717, 1.165) is 22.4 Å². The van der Waals surface area contributed by atoms with Crippen molar-refractivity contribution in [1.82, 2.24) is 4.57 Å². The maximum absolute atomic E-state index is 13.8. The third-order valence-electron chi connectivity index (χ3n) is 5.80. The molecule has 0 radical (unpaired) electrons. The SMILES string of the molecule is Cc1ccc(Cn2c(-c3ccc(F)cc3)c(NC(=O)c3ccc(F)cc3)sc2=Nc2ccccc2)cc1. The normalized spacial score (nSPS) is 11.5. The van der Waals surface area contributed by atoms with Crippen LogP contribution in [0.3, 0.4) is 0 Å². The number of para-hydroxylation sites is 1. The Morgan fingerprint density at radius 1 is 0.838 bits per heavy atom. The molecule has 1 N–H and O–H groups in total. The van der Waals surface area contributed by atoms with Crippen LogP contribution in [0, 0.1) is 18.6 Å². The molecule has 0 spiro atoms. The van der Waals surface area contributed by atoms with Gasteiger partial charge in [-0.25, -0.2) is 13.8 Å². The number of aromatic nitrogens is 1. The second-order valence-electron chi connectivity index (χ2n) is 8.55. The lowest BCUT2D eigenvalue weighted by Gasteiger charge is -2.12. The van der Waals surface area contributed by atoms with Crippen LogP contribution in [-0.4, -0.2) is 10.5 Å². The number of carbonyl (C=O) groups is 1. The summed E-state index contributed by atoms with van der Waals surface area (Å²) in [6, 6.07) is 29.3. The highest BCUT2D eigenvalue weighted by molar-refractivity contribution is 7.14. The average molecular weight is 512 g/mol. The van der Waals surface area contributed by atoms with Gasteiger partial charge in [0.1, 0.15) is 16.6 Å². The summed E-state index contributed by atoms with van der Waals surface area (Å²) in [5.74, 6) is -1.15. The molecule has 0 fully saturated rings. The van der Waals surface area contributed by atoms with E-state index in [9.17, 15) is 13.6 Å². The topological polar surface area (TPSA) is 46.4 Å². The van der Waals surface area contributed by atoms with Gasteiger partial charge in [0.2, 0.25) is 0 Å². The number of carbonyl (C=O) groups excluding carboxylic acids is 1. The van der Waals surface area contributed by atoms with Crippen LogP contribution in [0.4, 0.5) is 19.5 Å².